The van der Waals surface area contributed by atoms with Crippen LogP contribution >= 0.6 is 11.3 Å². The Hall–Kier alpha value is -1.21. The standard InChI is InChI=1S/C15H20N2O2S2/c1-11-4-9-15(20-11)12(2)17-21(18,19)14-7-5-13(6-8-14)10-16-3/h4-9,12,16-17H,10H2,1-3H3. The van der Waals surface area contributed by atoms with E-state index in [2.05, 4.69) is 10.0 Å². The SMILES string of the molecule is CNCc1ccc(S(=O)(=O)NC(C)c2ccc(C)s2)cc1. The van der Waals surface area contributed by atoms with Gasteiger partial charge in [-0.1, -0.05) is 12.1 Å². The van der Waals surface area contributed by atoms with Crippen molar-refractivity contribution in [1.29, 1.82) is 0 Å². The molecule has 0 bridgehead atoms. The number of aryl methyl sites for hydroxylation is 1. The molecule has 1 aromatic carbocycles. The first-order valence-electron chi connectivity index (χ1n) is 6.74. The van der Waals surface area contributed by atoms with Crippen LogP contribution in [0, 0.1) is 6.92 Å². The van der Waals surface area contributed by atoms with Gasteiger partial charge in [0.15, 0.2) is 0 Å². The molecule has 6 heteroatoms. The van der Waals surface area contributed by atoms with Gasteiger partial charge in [0.05, 0.1) is 10.9 Å². The molecule has 0 spiro atoms. The molecule has 1 atom stereocenters. The van der Waals surface area contributed by atoms with Crippen LogP contribution in [0.1, 0.15) is 28.3 Å². The molecular formula is C15H20N2O2S2. The monoisotopic (exact) mass is 324 g/mol. The van der Waals surface area contributed by atoms with E-state index in [4.69, 9.17) is 0 Å². The molecule has 0 amide bonds. The summed E-state index contributed by atoms with van der Waals surface area (Å²) in [6.45, 7) is 4.59. The summed E-state index contributed by atoms with van der Waals surface area (Å²) in [7, 11) is -1.64. The molecule has 0 saturated heterocycles. The third-order valence-corrected chi connectivity index (χ3v) is 5.87. The van der Waals surface area contributed by atoms with Crippen LogP contribution in [0.15, 0.2) is 41.3 Å². The van der Waals surface area contributed by atoms with E-state index in [1.165, 1.54) is 4.88 Å². The number of nitrogens with one attached hydrogen (secondary N) is 2. The fourth-order valence-electron chi connectivity index (χ4n) is 2.04. The van der Waals surface area contributed by atoms with E-state index in [-0.39, 0.29) is 6.04 Å². The fourth-order valence-corrected chi connectivity index (χ4v) is 4.21. The van der Waals surface area contributed by atoms with Gasteiger partial charge in [0.1, 0.15) is 0 Å². The molecule has 1 aromatic heterocycles. The van der Waals surface area contributed by atoms with Gasteiger partial charge in [-0.05, 0) is 50.7 Å². The number of benzene rings is 1. The van der Waals surface area contributed by atoms with Crippen LogP contribution in [0.5, 0.6) is 0 Å². The Bertz CT molecular complexity index is 691. The van der Waals surface area contributed by atoms with E-state index in [0.29, 0.717) is 4.90 Å². The molecule has 114 valence electrons. The first-order valence-corrected chi connectivity index (χ1v) is 9.04. The van der Waals surface area contributed by atoms with E-state index in [1.54, 1.807) is 23.5 Å². The fraction of sp³-hybridized carbons (Fsp3) is 0.333. The molecule has 0 aliphatic carbocycles. The van der Waals surface area contributed by atoms with Crippen LogP contribution in [-0.2, 0) is 16.6 Å². The van der Waals surface area contributed by atoms with E-state index in [0.717, 1.165) is 17.0 Å². The van der Waals surface area contributed by atoms with Crippen molar-refractivity contribution in [2.45, 2.75) is 31.3 Å². The van der Waals surface area contributed by atoms with E-state index >= 15 is 0 Å². The van der Waals surface area contributed by atoms with Crippen molar-refractivity contribution in [3.63, 3.8) is 0 Å². The highest BCUT2D eigenvalue weighted by Gasteiger charge is 2.19. The zero-order valence-corrected chi connectivity index (χ0v) is 14.0. The first kappa shape index (κ1) is 16.2. The quantitative estimate of drug-likeness (QED) is 0.859. The summed E-state index contributed by atoms with van der Waals surface area (Å²) in [5, 5.41) is 3.03. The van der Waals surface area contributed by atoms with E-state index < -0.39 is 10.0 Å². The molecule has 4 nitrogen and oxygen atoms in total. The maximum atomic E-state index is 12.4. The topological polar surface area (TPSA) is 58.2 Å². The molecule has 0 aliphatic heterocycles. The minimum absolute atomic E-state index is 0.231. The third kappa shape index (κ3) is 4.14. The summed E-state index contributed by atoms with van der Waals surface area (Å²) in [4.78, 5) is 2.48. The van der Waals surface area contributed by atoms with Gasteiger partial charge in [0, 0.05) is 16.3 Å². The second-order valence-electron chi connectivity index (χ2n) is 4.97. The molecule has 0 aliphatic rings. The van der Waals surface area contributed by atoms with Crippen molar-refractivity contribution in [2.75, 3.05) is 7.05 Å². The van der Waals surface area contributed by atoms with Crippen LogP contribution in [0.25, 0.3) is 0 Å². The summed E-state index contributed by atoms with van der Waals surface area (Å²) in [5.74, 6) is 0. The summed E-state index contributed by atoms with van der Waals surface area (Å²) >= 11 is 1.61. The average Bonchev–Trinajstić information content (AvgIpc) is 2.86. The Morgan fingerprint density at radius 2 is 1.81 bits per heavy atom. The molecule has 2 N–H and O–H groups in total. The molecule has 0 fully saturated rings. The van der Waals surface area contributed by atoms with Crippen LogP contribution in [-0.4, -0.2) is 15.5 Å². The van der Waals surface area contributed by atoms with E-state index in [1.807, 2.05) is 45.2 Å². The number of rotatable bonds is 6. The van der Waals surface area contributed by atoms with E-state index in [9.17, 15) is 8.42 Å². The molecular weight excluding hydrogens is 304 g/mol. The van der Waals surface area contributed by atoms with Gasteiger partial charge >= 0.3 is 0 Å². The van der Waals surface area contributed by atoms with Crippen LogP contribution in [0.2, 0.25) is 0 Å². The normalized spacial score (nSPS) is 13.3. The summed E-state index contributed by atoms with van der Waals surface area (Å²) < 4.78 is 27.5. The van der Waals surface area contributed by atoms with Crippen molar-refractivity contribution in [2.24, 2.45) is 0 Å². The van der Waals surface area contributed by atoms with Crippen LogP contribution in [0.3, 0.4) is 0 Å². The Morgan fingerprint density at radius 3 is 2.33 bits per heavy atom. The Balaban J connectivity index is 2.14. The lowest BCUT2D eigenvalue weighted by Gasteiger charge is -2.13. The predicted molar refractivity (Wildman–Crippen MR) is 87.0 cm³/mol. The Labute approximate surface area is 130 Å². The van der Waals surface area contributed by atoms with Gasteiger partial charge in [-0.2, -0.15) is 0 Å². The molecule has 21 heavy (non-hydrogen) atoms. The first-order chi connectivity index (χ1) is 9.92. The van der Waals surface area contributed by atoms with Gasteiger partial charge in [-0.15, -0.1) is 11.3 Å². The number of thiophene rings is 1. The number of hydrogen-bond acceptors (Lipinski definition) is 4. The highest BCUT2D eigenvalue weighted by atomic mass is 32.2. The number of sulfonamides is 1. The zero-order valence-electron chi connectivity index (χ0n) is 12.4. The Kier molecular flexibility index (Phi) is 5.16. The minimum Gasteiger partial charge on any atom is -0.316 e. The maximum absolute atomic E-state index is 12.4. The third-order valence-electron chi connectivity index (χ3n) is 3.13. The lowest BCUT2D eigenvalue weighted by molar-refractivity contribution is 0.568. The summed E-state index contributed by atoms with van der Waals surface area (Å²) in [6.07, 6.45) is 0. The summed E-state index contributed by atoms with van der Waals surface area (Å²) in [5.41, 5.74) is 1.05. The maximum Gasteiger partial charge on any atom is 0.241 e. The van der Waals surface area contributed by atoms with Crippen molar-refractivity contribution in [3.05, 3.63) is 51.7 Å². The second-order valence-corrected chi connectivity index (χ2v) is 8.00. The lowest BCUT2D eigenvalue weighted by Crippen LogP contribution is -2.26. The van der Waals surface area contributed by atoms with Gasteiger partial charge in [0.25, 0.3) is 0 Å². The average molecular weight is 324 g/mol. The largest absolute Gasteiger partial charge is 0.316 e. The molecule has 2 rings (SSSR count). The van der Waals surface area contributed by atoms with Gasteiger partial charge < -0.3 is 5.32 Å². The molecule has 2 aromatic rings. The zero-order chi connectivity index (χ0) is 15.5. The highest BCUT2D eigenvalue weighted by molar-refractivity contribution is 7.89. The van der Waals surface area contributed by atoms with Crippen molar-refractivity contribution >= 4 is 21.4 Å². The lowest BCUT2D eigenvalue weighted by atomic mass is 10.2. The van der Waals surface area contributed by atoms with Crippen molar-refractivity contribution in [1.82, 2.24) is 10.0 Å². The molecule has 1 heterocycles. The van der Waals surface area contributed by atoms with Crippen LogP contribution < -0.4 is 10.0 Å². The van der Waals surface area contributed by atoms with Crippen LogP contribution in [0.4, 0.5) is 0 Å². The minimum atomic E-state index is -3.49. The van der Waals surface area contributed by atoms with Crippen molar-refractivity contribution < 1.29 is 8.42 Å². The summed E-state index contributed by atoms with van der Waals surface area (Å²) in [6, 6.07) is 10.7. The number of hydrogen-bond donors (Lipinski definition) is 2. The molecule has 1 unspecified atom stereocenters. The second kappa shape index (κ2) is 6.70. The van der Waals surface area contributed by atoms with Gasteiger partial charge in [-0.3, -0.25) is 0 Å². The van der Waals surface area contributed by atoms with Gasteiger partial charge in [0.2, 0.25) is 10.0 Å². The van der Waals surface area contributed by atoms with Gasteiger partial charge in [-0.25, -0.2) is 13.1 Å². The highest BCUT2D eigenvalue weighted by Crippen LogP contribution is 2.24. The van der Waals surface area contributed by atoms with Crippen molar-refractivity contribution in [3.8, 4) is 0 Å². The smallest absolute Gasteiger partial charge is 0.241 e. The molecule has 0 saturated carbocycles. The Morgan fingerprint density at radius 1 is 1.14 bits per heavy atom. The predicted octanol–water partition coefficient (Wildman–Crippen LogP) is 2.82. The molecule has 0 radical (unpaired) electrons.